The van der Waals surface area contributed by atoms with Crippen molar-refractivity contribution in [3.63, 3.8) is 0 Å². The van der Waals surface area contributed by atoms with Gasteiger partial charge in [-0.1, -0.05) is 54.6 Å². The zero-order valence-electron chi connectivity index (χ0n) is 15.0. The van der Waals surface area contributed by atoms with E-state index in [1.54, 1.807) is 13.2 Å². The normalized spacial score (nSPS) is 19.7. The van der Waals surface area contributed by atoms with Crippen LogP contribution in [0.25, 0.3) is 11.1 Å². The van der Waals surface area contributed by atoms with Gasteiger partial charge in [-0.3, -0.25) is 20.1 Å². The summed E-state index contributed by atoms with van der Waals surface area (Å²) in [7, 11) is 1.62. The van der Waals surface area contributed by atoms with Crippen molar-refractivity contribution in [3.8, 4) is 11.1 Å². The minimum Gasteiger partial charge on any atom is -0.342 e. The lowest BCUT2D eigenvalue weighted by Crippen LogP contribution is -2.59. The minimum absolute atomic E-state index is 0.0885. The first kappa shape index (κ1) is 17.0. The van der Waals surface area contributed by atoms with Gasteiger partial charge < -0.3 is 5.32 Å². The minimum atomic E-state index is -0.778. The number of carbonyl (C=O) groups excluding carboxylic acids is 1. The van der Waals surface area contributed by atoms with Crippen LogP contribution in [0.5, 0.6) is 0 Å². The molecule has 4 rings (SSSR count). The number of pyridine rings is 1. The Balaban J connectivity index is 1.88. The van der Waals surface area contributed by atoms with Gasteiger partial charge in [0.15, 0.2) is 5.96 Å². The molecule has 27 heavy (non-hydrogen) atoms. The number of nitrogens with zero attached hydrogens (tertiary/aromatic N) is 2. The number of aromatic nitrogens is 1. The summed E-state index contributed by atoms with van der Waals surface area (Å²) >= 11 is 0. The first-order chi connectivity index (χ1) is 13.1. The second-order valence-corrected chi connectivity index (χ2v) is 6.70. The first-order valence-electron chi connectivity index (χ1n) is 8.80. The van der Waals surface area contributed by atoms with E-state index in [0.717, 1.165) is 22.3 Å². The smallest absolute Gasteiger partial charge is 0.232 e. The fourth-order valence-electron chi connectivity index (χ4n) is 3.54. The monoisotopic (exact) mass is 356 g/mol. The molecule has 1 aromatic heterocycles. The van der Waals surface area contributed by atoms with Gasteiger partial charge in [0, 0.05) is 19.4 Å². The third kappa shape index (κ3) is 2.97. The summed E-state index contributed by atoms with van der Waals surface area (Å²) in [5.74, 6) is 0.0104. The molecule has 2 aromatic carbocycles. The summed E-state index contributed by atoms with van der Waals surface area (Å²) in [5.41, 5.74) is 3.16. The van der Waals surface area contributed by atoms with Crippen molar-refractivity contribution < 1.29 is 4.79 Å². The zero-order chi connectivity index (χ0) is 18.9. The molecule has 1 saturated heterocycles. The number of hydrogen-bond donors (Lipinski definition) is 2. The van der Waals surface area contributed by atoms with E-state index in [-0.39, 0.29) is 18.3 Å². The Kier molecular flexibility index (Phi) is 4.20. The molecule has 134 valence electrons. The van der Waals surface area contributed by atoms with Crippen LogP contribution in [-0.4, -0.2) is 28.8 Å². The Morgan fingerprint density at radius 3 is 2.44 bits per heavy atom. The maximum absolute atomic E-state index is 12.7. The van der Waals surface area contributed by atoms with Crippen LogP contribution in [0.2, 0.25) is 0 Å². The molecule has 2 heterocycles. The Morgan fingerprint density at radius 2 is 1.74 bits per heavy atom. The lowest BCUT2D eigenvalue weighted by molar-refractivity contribution is -0.129. The highest BCUT2D eigenvalue weighted by Gasteiger charge is 2.43. The van der Waals surface area contributed by atoms with Crippen LogP contribution in [0.3, 0.4) is 0 Å². The van der Waals surface area contributed by atoms with Crippen molar-refractivity contribution in [1.29, 1.82) is 5.41 Å². The fourth-order valence-corrected chi connectivity index (χ4v) is 3.54. The molecule has 1 aliphatic rings. The summed E-state index contributed by atoms with van der Waals surface area (Å²) in [6, 6.07) is 21.9. The van der Waals surface area contributed by atoms with E-state index in [4.69, 9.17) is 5.41 Å². The first-order valence-corrected chi connectivity index (χ1v) is 8.80. The maximum atomic E-state index is 12.7. The van der Waals surface area contributed by atoms with E-state index >= 15 is 0 Å². The molecule has 0 radical (unpaired) electrons. The van der Waals surface area contributed by atoms with Gasteiger partial charge in [0.25, 0.3) is 0 Å². The van der Waals surface area contributed by atoms with E-state index < -0.39 is 5.54 Å². The van der Waals surface area contributed by atoms with Gasteiger partial charge in [-0.2, -0.15) is 0 Å². The van der Waals surface area contributed by atoms with Gasteiger partial charge in [-0.05, 0) is 34.4 Å². The van der Waals surface area contributed by atoms with Crippen molar-refractivity contribution in [2.45, 2.75) is 12.0 Å². The molecular formula is C22H20N4O. The number of hydrogen-bond acceptors (Lipinski definition) is 3. The van der Waals surface area contributed by atoms with Gasteiger partial charge in [0.1, 0.15) is 0 Å². The van der Waals surface area contributed by atoms with E-state index in [1.165, 1.54) is 4.90 Å². The lowest BCUT2D eigenvalue weighted by atomic mass is 9.78. The Bertz CT molecular complexity index is 967. The molecule has 1 aliphatic heterocycles. The topological polar surface area (TPSA) is 69.1 Å². The number of benzene rings is 2. The molecule has 2 N–H and O–H groups in total. The Labute approximate surface area is 158 Å². The van der Waals surface area contributed by atoms with Crippen LogP contribution in [0.15, 0.2) is 79.1 Å². The van der Waals surface area contributed by atoms with Crippen LogP contribution in [-0.2, 0) is 10.3 Å². The molecule has 0 spiro atoms. The van der Waals surface area contributed by atoms with Crippen molar-refractivity contribution in [2.24, 2.45) is 0 Å². The third-order valence-electron chi connectivity index (χ3n) is 5.07. The Morgan fingerprint density at radius 1 is 1.00 bits per heavy atom. The molecule has 0 bridgehead atoms. The molecule has 1 fully saturated rings. The van der Waals surface area contributed by atoms with E-state index in [0.29, 0.717) is 0 Å². The van der Waals surface area contributed by atoms with Gasteiger partial charge in [-0.25, -0.2) is 0 Å². The second kappa shape index (κ2) is 6.68. The highest BCUT2D eigenvalue weighted by atomic mass is 16.2. The molecule has 3 aromatic rings. The number of guanidine groups is 1. The molecule has 5 nitrogen and oxygen atoms in total. The molecule has 1 atom stereocenters. The predicted molar refractivity (Wildman–Crippen MR) is 105 cm³/mol. The molecule has 1 unspecified atom stereocenters. The van der Waals surface area contributed by atoms with Gasteiger partial charge >= 0.3 is 0 Å². The SMILES string of the molecule is CN1C(=N)NC(c2ccccc2)(c2cccc(-c3cccnc3)c2)CC1=O. The molecule has 5 heteroatoms. The fraction of sp³-hybridized carbons (Fsp3) is 0.136. The Hall–Kier alpha value is -3.47. The van der Waals surface area contributed by atoms with Crippen molar-refractivity contribution in [2.75, 3.05) is 7.05 Å². The molecule has 1 amide bonds. The highest BCUT2D eigenvalue weighted by Crippen LogP contribution is 2.37. The predicted octanol–water partition coefficient (Wildman–Crippen LogP) is 3.38. The van der Waals surface area contributed by atoms with Crippen molar-refractivity contribution in [3.05, 3.63) is 90.3 Å². The van der Waals surface area contributed by atoms with Crippen LogP contribution < -0.4 is 5.32 Å². The van der Waals surface area contributed by atoms with E-state index in [1.807, 2.05) is 66.9 Å². The number of nitrogens with one attached hydrogen (secondary N) is 2. The van der Waals surface area contributed by atoms with Gasteiger partial charge in [0.2, 0.25) is 5.91 Å². The van der Waals surface area contributed by atoms with Crippen LogP contribution >= 0.6 is 0 Å². The van der Waals surface area contributed by atoms with Crippen molar-refractivity contribution >= 4 is 11.9 Å². The largest absolute Gasteiger partial charge is 0.342 e. The van der Waals surface area contributed by atoms with E-state index in [2.05, 4.69) is 16.4 Å². The van der Waals surface area contributed by atoms with E-state index in [9.17, 15) is 4.79 Å². The highest BCUT2D eigenvalue weighted by molar-refractivity contribution is 5.99. The number of carbonyl (C=O) groups is 1. The number of amides is 1. The average Bonchev–Trinajstić information content (AvgIpc) is 2.73. The average molecular weight is 356 g/mol. The summed E-state index contributed by atoms with van der Waals surface area (Å²) in [6.07, 6.45) is 3.81. The molecule has 0 saturated carbocycles. The van der Waals surface area contributed by atoms with Crippen molar-refractivity contribution in [1.82, 2.24) is 15.2 Å². The van der Waals surface area contributed by atoms with Crippen LogP contribution in [0.4, 0.5) is 0 Å². The van der Waals surface area contributed by atoms with Crippen LogP contribution in [0, 0.1) is 5.41 Å². The quantitative estimate of drug-likeness (QED) is 0.756. The van der Waals surface area contributed by atoms with Gasteiger partial charge in [0.05, 0.1) is 12.0 Å². The standard InChI is InChI=1S/C22H20N4O/c1-26-20(27)14-22(25-21(26)23,18-9-3-2-4-10-18)19-11-5-7-16(13-19)17-8-6-12-24-15-17/h2-13,15H,14H2,1H3,(H2,23,25). The molecular weight excluding hydrogens is 336 g/mol. The third-order valence-corrected chi connectivity index (χ3v) is 5.07. The summed E-state index contributed by atoms with van der Waals surface area (Å²) in [6.45, 7) is 0. The number of rotatable bonds is 3. The summed E-state index contributed by atoms with van der Waals surface area (Å²) in [4.78, 5) is 18.2. The van der Waals surface area contributed by atoms with Crippen LogP contribution in [0.1, 0.15) is 17.5 Å². The molecule has 0 aliphatic carbocycles. The maximum Gasteiger partial charge on any atom is 0.232 e. The summed E-state index contributed by atoms with van der Waals surface area (Å²) in [5, 5.41) is 11.6. The summed E-state index contributed by atoms with van der Waals surface area (Å²) < 4.78 is 0. The van der Waals surface area contributed by atoms with Gasteiger partial charge in [-0.15, -0.1) is 0 Å². The zero-order valence-corrected chi connectivity index (χ0v) is 15.0. The second-order valence-electron chi connectivity index (χ2n) is 6.70. The lowest BCUT2D eigenvalue weighted by Gasteiger charge is -2.42.